The Morgan fingerprint density at radius 3 is 2.60 bits per heavy atom. The van der Waals surface area contributed by atoms with Crippen molar-refractivity contribution < 1.29 is 22.7 Å². The number of hydrogen-bond acceptors (Lipinski definition) is 3. The standard InChI is InChI=1S/C17H23F3N2O2.ClH/c1-24-9-8-21-11-15(23)22-12-16(6-3-7-16)13-4-2-5-14(10-13)17(18,19)20;/h2,4-5,10,21H,3,6-9,11-12H2,1H3,(H,22,23);1H. The molecule has 0 saturated heterocycles. The van der Waals surface area contributed by atoms with Gasteiger partial charge in [0.05, 0.1) is 18.7 Å². The van der Waals surface area contributed by atoms with E-state index in [-0.39, 0.29) is 30.3 Å². The lowest BCUT2D eigenvalue weighted by Crippen LogP contribution is -2.47. The Hall–Kier alpha value is -1.31. The smallest absolute Gasteiger partial charge is 0.383 e. The van der Waals surface area contributed by atoms with Crippen molar-refractivity contribution in [3.8, 4) is 0 Å². The fourth-order valence-electron chi connectivity index (χ4n) is 2.90. The molecule has 1 fully saturated rings. The Bertz CT molecular complexity index is 563. The average Bonchev–Trinajstić information content (AvgIpc) is 2.50. The minimum Gasteiger partial charge on any atom is -0.383 e. The van der Waals surface area contributed by atoms with Gasteiger partial charge in [0.2, 0.25) is 5.91 Å². The predicted molar refractivity (Wildman–Crippen MR) is 92.0 cm³/mol. The van der Waals surface area contributed by atoms with Crippen LogP contribution >= 0.6 is 12.4 Å². The first-order valence-corrected chi connectivity index (χ1v) is 8.01. The summed E-state index contributed by atoms with van der Waals surface area (Å²) in [5.41, 5.74) is -0.376. The van der Waals surface area contributed by atoms with Crippen LogP contribution in [0, 0.1) is 0 Å². The van der Waals surface area contributed by atoms with Crippen LogP contribution in [0.2, 0.25) is 0 Å². The SMILES string of the molecule is COCCNCC(=O)NCC1(c2cccc(C(F)(F)F)c2)CCC1.Cl. The number of amides is 1. The topological polar surface area (TPSA) is 50.4 Å². The first kappa shape index (κ1) is 21.7. The van der Waals surface area contributed by atoms with Crippen molar-refractivity contribution in [1.29, 1.82) is 0 Å². The van der Waals surface area contributed by atoms with Crippen molar-refractivity contribution in [2.75, 3.05) is 33.4 Å². The maximum atomic E-state index is 12.9. The molecule has 1 aromatic rings. The van der Waals surface area contributed by atoms with Gasteiger partial charge in [0, 0.05) is 25.6 Å². The van der Waals surface area contributed by atoms with Crippen molar-refractivity contribution in [1.82, 2.24) is 10.6 Å². The minimum absolute atomic E-state index is 0. The van der Waals surface area contributed by atoms with E-state index in [1.54, 1.807) is 13.2 Å². The van der Waals surface area contributed by atoms with Crippen LogP contribution in [0.5, 0.6) is 0 Å². The lowest BCUT2D eigenvalue weighted by molar-refractivity contribution is -0.137. The Morgan fingerprint density at radius 1 is 1.32 bits per heavy atom. The number of methoxy groups -OCH3 is 1. The molecule has 0 bridgehead atoms. The molecular weight excluding hydrogens is 357 g/mol. The van der Waals surface area contributed by atoms with E-state index in [0.29, 0.717) is 25.3 Å². The van der Waals surface area contributed by atoms with Crippen LogP contribution in [0.4, 0.5) is 13.2 Å². The van der Waals surface area contributed by atoms with E-state index in [2.05, 4.69) is 10.6 Å². The van der Waals surface area contributed by atoms with E-state index in [1.165, 1.54) is 12.1 Å². The zero-order chi connectivity index (χ0) is 17.6. The molecule has 2 rings (SSSR count). The molecule has 0 spiro atoms. The van der Waals surface area contributed by atoms with Crippen molar-refractivity contribution in [2.45, 2.75) is 30.9 Å². The van der Waals surface area contributed by atoms with E-state index >= 15 is 0 Å². The molecule has 0 aromatic heterocycles. The highest BCUT2D eigenvalue weighted by atomic mass is 35.5. The maximum Gasteiger partial charge on any atom is 0.416 e. The molecule has 2 N–H and O–H groups in total. The van der Waals surface area contributed by atoms with E-state index in [0.717, 1.165) is 25.3 Å². The molecule has 1 aliphatic carbocycles. The molecule has 25 heavy (non-hydrogen) atoms. The summed E-state index contributed by atoms with van der Waals surface area (Å²) in [6.45, 7) is 1.62. The molecule has 0 heterocycles. The average molecular weight is 381 g/mol. The normalized spacial score (nSPS) is 15.8. The van der Waals surface area contributed by atoms with Gasteiger partial charge in [-0.2, -0.15) is 13.2 Å². The van der Waals surface area contributed by atoms with Crippen LogP contribution in [0.3, 0.4) is 0 Å². The number of hydrogen-bond donors (Lipinski definition) is 2. The van der Waals surface area contributed by atoms with Crippen LogP contribution in [0.1, 0.15) is 30.4 Å². The summed E-state index contributed by atoms with van der Waals surface area (Å²) in [6.07, 6.45) is -1.83. The Morgan fingerprint density at radius 2 is 2.04 bits per heavy atom. The fraction of sp³-hybridized carbons (Fsp3) is 0.588. The summed E-state index contributed by atoms with van der Waals surface area (Å²) in [7, 11) is 1.58. The molecule has 1 saturated carbocycles. The second-order valence-electron chi connectivity index (χ2n) is 6.16. The summed E-state index contributed by atoms with van der Waals surface area (Å²) >= 11 is 0. The maximum absolute atomic E-state index is 12.9. The van der Waals surface area contributed by atoms with Gasteiger partial charge in [0.25, 0.3) is 0 Å². The van der Waals surface area contributed by atoms with Crippen LogP contribution in [0.15, 0.2) is 24.3 Å². The molecule has 1 amide bonds. The second-order valence-corrected chi connectivity index (χ2v) is 6.16. The number of carbonyl (C=O) groups is 1. The minimum atomic E-state index is -4.35. The van der Waals surface area contributed by atoms with Gasteiger partial charge in [-0.05, 0) is 24.5 Å². The predicted octanol–water partition coefficient (Wildman–Crippen LogP) is 2.90. The van der Waals surface area contributed by atoms with E-state index in [1.807, 2.05) is 0 Å². The van der Waals surface area contributed by atoms with Gasteiger partial charge in [-0.3, -0.25) is 4.79 Å². The summed E-state index contributed by atoms with van der Waals surface area (Å²) in [6, 6.07) is 5.44. The highest BCUT2D eigenvalue weighted by Gasteiger charge is 2.40. The number of nitrogens with one attached hydrogen (secondary N) is 2. The number of alkyl halides is 3. The highest BCUT2D eigenvalue weighted by molar-refractivity contribution is 5.85. The third-order valence-corrected chi connectivity index (χ3v) is 4.51. The molecule has 142 valence electrons. The lowest BCUT2D eigenvalue weighted by Gasteiger charge is -2.43. The molecule has 0 unspecified atom stereocenters. The highest BCUT2D eigenvalue weighted by Crippen LogP contribution is 2.44. The first-order chi connectivity index (χ1) is 11.4. The van der Waals surface area contributed by atoms with E-state index in [9.17, 15) is 18.0 Å². The van der Waals surface area contributed by atoms with Gasteiger partial charge in [-0.25, -0.2) is 0 Å². The Kier molecular flexibility index (Phi) is 8.18. The van der Waals surface area contributed by atoms with Crippen LogP contribution in [-0.2, 0) is 21.1 Å². The summed E-state index contributed by atoms with van der Waals surface area (Å²) in [5.74, 6) is -0.163. The number of halogens is 4. The van der Waals surface area contributed by atoms with Gasteiger partial charge < -0.3 is 15.4 Å². The van der Waals surface area contributed by atoms with Gasteiger partial charge in [0.1, 0.15) is 0 Å². The molecular formula is C17H24ClF3N2O2. The van der Waals surface area contributed by atoms with E-state index < -0.39 is 11.7 Å². The lowest BCUT2D eigenvalue weighted by atomic mass is 9.64. The molecule has 1 aromatic carbocycles. The van der Waals surface area contributed by atoms with Crippen LogP contribution in [-0.4, -0.2) is 39.3 Å². The summed E-state index contributed by atoms with van der Waals surface area (Å²) in [5, 5.41) is 5.78. The second kappa shape index (κ2) is 9.40. The molecule has 4 nitrogen and oxygen atoms in total. The molecule has 0 radical (unpaired) electrons. The van der Waals surface area contributed by atoms with Gasteiger partial charge in [-0.15, -0.1) is 12.4 Å². The van der Waals surface area contributed by atoms with Crippen LogP contribution < -0.4 is 10.6 Å². The van der Waals surface area contributed by atoms with Crippen molar-refractivity contribution in [2.24, 2.45) is 0 Å². The number of carbonyl (C=O) groups excluding carboxylic acids is 1. The Balaban J connectivity index is 0.00000312. The fourth-order valence-corrected chi connectivity index (χ4v) is 2.90. The van der Waals surface area contributed by atoms with Gasteiger partial charge >= 0.3 is 6.18 Å². The first-order valence-electron chi connectivity index (χ1n) is 8.01. The monoisotopic (exact) mass is 380 g/mol. The summed E-state index contributed by atoms with van der Waals surface area (Å²) in [4.78, 5) is 11.9. The van der Waals surface area contributed by atoms with Crippen molar-refractivity contribution in [3.05, 3.63) is 35.4 Å². The van der Waals surface area contributed by atoms with Gasteiger partial charge in [-0.1, -0.05) is 24.6 Å². The van der Waals surface area contributed by atoms with Gasteiger partial charge in [0.15, 0.2) is 0 Å². The third-order valence-electron chi connectivity index (χ3n) is 4.51. The zero-order valence-corrected chi connectivity index (χ0v) is 14.9. The van der Waals surface area contributed by atoms with Crippen molar-refractivity contribution >= 4 is 18.3 Å². The van der Waals surface area contributed by atoms with Crippen molar-refractivity contribution in [3.63, 3.8) is 0 Å². The molecule has 0 atom stereocenters. The summed E-state index contributed by atoms with van der Waals surface area (Å²) < 4.78 is 43.6. The molecule has 1 aliphatic rings. The third kappa shape index (κ3) is 5.87. The number of rotatable bonds is 8. The zero-order valence-electron chi connectivity index (χ0n) is 14.1. The quantitative estimate of drug-likeness (QED) is 0.682. The Labute approximate surface area is 151 Å². The van der Waals surface area contributed by atoms with E-state index in [4.69, 9.17) is 4.74 Å². The number of benzene rings is 1. The molecule has 0 aliphatic heterocycles. The number of ether oxygens (including phenoxy) is 1. The van der Waals surface area contributed by atoms with Crippen LogP contribution in [0.25, 0.3) is 0 Å². The molecule has 8 heteroatoms. The largest absolute Gasteiger partial charge is 0.416 e.